The fraction of sp³-hybridized carbons (Fsp3) is 0.739. The second-order valence-electron chi connectivity index (χ2n) is 10.3. The van der Waals surface area contributed by atoms with Crippen LogP contribution in [-0.4, -0.2) is 50.8 Å². The Morgan fingerprint density at radius 1 is 1.26 bits per heavy atom. The molecule has 2 aliphatic rings. The maximum absolute atomic E-state index is 14.2. The van der Waals surface area contributed by atoms with Crippen molar-refractivity contribution in [2.45, 2.75) is 83.7 Å². The van der Waals surface area contributed by atoms with Crippen molar-refractivity contribution >= 4 is 8.32 Å². The smallest absolute Gasteiger partial charge is 0.398 e. The Hall–Kier alpha value is -1.11. The number of ether oxygens (including phenoxy) is 2. The lowest BCUT2D eigenvalue weighted by Gasteiger charge is -2.50. The summed E-state index contributed by atoms with van der Waals surface area (Å²) in [6, 6.07) is 0. The molecule has 0 bridgehead atoms. The van der Waals surface area contributed by atoms with Crippen molar-refractivity contribution in [2.24, 2.45) is 5.41 Å². The van der Waals surface area contributed by atoms with Crippen molar-refractivity contribution in [3.8, 4) is 11.8 Å². The maximum Gasteiger partial charge on any atom is 0.398 e. The lowest BCUT2D eigenvalue weighted by molar-refractivity contribution is -0.292. The molecule has 1 aliphatic heterocycles. The van der Waals surface area contributed by atoms with Crippen molar-refractivity contribution in [1.29, 1.82) is 0 Å². The van der Waals surface area contributed by atoms with Gasteiger partial charge in [-0.2, -0.15) is 13.2 Å². The van der Waals surface area contributed by atoms with Gasteiger partial charge in [0.2, 0.25) is 0 Å². The Bertz CT molecular complexity index is 807. The topological polar surface area (TPSA) is 47.9 Å². The third kappa shape index (κ3) is 4.96. The molecule has 0 aromatic rings. The van der Waals surface area contributed by atoms with E-state index in [9.17, 15) is 18.3 Å². The van der Waals surface area contributed by atoms with Crippen LogP contribution < -0.4 is 0 Å². The van der Waals surface area contributed by atoms with E-state index in [0.29, 0.717) is 12.2 Å². The molecule has 1 spiro atoms. The van der Waals surface area contributed by atoms with Gasteiger partial charge in [0.1, 0.15) is 5.41 Å². The van der Waals surface area contributed by atoms with Gasteiger partial charge in [-0.3, -0.25) is 0 Å². The Morgan fingerprint density at radius 3 is 2.29 bits per heavy atom. The fourth-order valence-electron chi connectivity index (χ4n) is 3.57. The molecule has 0 unspecified atom stereocenters. The molecule has 1 saturated heterocycles. The van der Waals surface area contributed by atoms with Crippen LogP contribution in [0, 0.1) is 17.3 Å². The predicted molar refractivity (Wildman–Crippen MR) is 117 cm³/mol. The molecule has 0 amide bonds. The summed E-state index contributed by atoms with van der Waals surface area (Å²) in [5.74, 6) is 3.77. The Morgan fingerprint density at radius 2 is 1.81 bits per heavy atom. The molecule has 1 N–H and O–H groups in total. The average Bonchev–Trinajstić information content (AvgIpc) is 3.03. The molecule has 0 saturated carbocycles. The zero-order chi connectivity index (χ0) is 23.9. The normalized spacial score (nSPS) is 29.5. The molecule has 1 aliphatic carbocycles. The molecule has 31 heavy (non-hydrogen) atoms. The van der Waals surface area contributed by atoms with Crippen LogP contribution >= 0.6 is 0 Å². The molecule has 1 fully saturated rings. The number of hydrogen-bond donors (Lipinski definition) is 1. The molecular formula is C23H35F3O4Si. The molecule has 1 heterocycles. The number of hydrogen-bond acceptors (Lipinski definition) is 4. The minimum Gasteiger partial charge on any atom is -0.413 e. The summed E-state index contributed by atoms with van der Waals surface area (Å²) in [6.45, 7) is 15.5. The van der Waals surface area contributed by atoms with Gasteiger partial charge in [-0.05, 0) is 62.2 Å². The van der Waals surface area contributed by atoms with E-state index in [2.05, 4.69) is 45.7 Å². The second kappa shape index (κ2) is 8.34. The van der Waals surface area contributed by atoms with E-state index in [1.165, 1.54) is 13.0 Å². The van der Waals surface area contributed by atoms with E-state index < -0.39 is 37.7 Å². The van der Waals surface area contributed by atoms with E-state index in [4.69, 9.17) is 13.9 Å². The van der Waals surface area contributed by atoms with Crippen LogP contribution in [0.3, 0.4) is 0 Å². The first-order chi connectivity index (χ1) is 13.9. The molecule has 0 aromatic heterocycles. The molecule has 4 nitrogen and oxygen atoms in total. The fourth-order valence-corrected chi connectivity index (χ4v) is 4.50. The van der Waals surface area contributed by atoms with Crippen molar-refractivity contribution in [2.75, 3.05) is 19.8 Å². The van der Waals surface area contributed by atoms with Gasteiger partial charge in [0.15, 0.2) is 19.7 Å². The zero-order valence-electron chi connectivity index (χ0n) is 19.8. The van der Waals surface area contributed by atoms with Gasteiger partial charge in [0.05, 0.1) is 19.8 Å². The van der Waals surface area contributed by atoms with Crippen molar-refractivity contribution in [3.05, 3.63) is 23.3 Å². The largest absolute Gasteiger partial charge is 0.413 e. The summed E-state index contributed by atoms with van der Waals surface area (Å²) in [7, 11) is -1.95. The third-order valence-corrected chi connectivity index (χ3v) is 11.4. The highest BCUT2D eigenvalue weighted by atomic mass is 28.4. The van der Waals surface area contributed by atoms with Crippen molar-refractivity contribution in [3.63, 3.8) is 0 Å². The first-order valence-corrected chi connectivity index (χ1v) is 13.4. The van der Waals surface area contributed by atoms with E-state index in [0.717, 1.165) is 6.92 Å². The van der Waals surface area contributed by atoms with Gasteiger partial charge in [-0.25, -0.2) is 0 Å². The minimum absolute atomic E-state index is 0.0500. The summed E-state index contributed by atoms with van der Waals surface area (Å²) in [5.41, 5.74) is -4.36. The van der Waals surface area contributed by atoms with Crippen LogP contribution in [0.15, 0.2) is 23.3 Å². The molecule has 0 radical (unpaired) electrons. The average molecular weight is 461 g/mol. The SMILES string of the molecule is CC1=CC2(C[C@](C)(C(F)(F)F)[C@@]1(O)C#C/C(C)=C/CO[Si](C)(C)C(C)(C)C)OCCO2. The second-order valence-corrected chi connectivity index (χ2v) is 15.1. The van der Waals surface area contributed by atoms with E-state index in [-0.39, 0.29) is 23.8 Å². The first kappa shape index (κ1) is 26.1. The lowest BCUT2D eigenvalue weighted by atomic mass is 9.62. The van der Waals surface area contributed by atoms with Gasteiger partial charge in [-0.15, -0.1) is 0 Å². The summed E-state index contributed by atoms with van der Waals surface area (Å²) < 4.78 is 59.7. The van der Waals surface area contributed by atoms with Crippen molar-refractivity contribution < 1.29 is 32.2 Å². The number of alkyl halides is 3. The molecule has 176 valence electrons. The number of allylic oxidation sites excluding steroid dienone is 1. The van der Waals surface area contributed by atoms with Gasteiger partial charge < -0.3 is 19.0 Å². The van der Waals surface area contributed by atoms with Gasteiger partial charge >= 0.3 is 6.18 Å². The van der Waals surface area contributed by atoms with Crippen LogP contribution in [0.25, 0.3) is 0 Å². The van der Waals surface area contributed by atoms with Crippen LogP contribution in [0.4, 0.5) is 13.2 Å². The summed E-state index contributed by atoms with van der Waals surface area (Å²) in [4.78, 5) is 0. The molecule has 8 heteroatoms. The van der Waals surface area contributed by atoms with Crippen molar-refractivity contribution in [1.82, 2.24) is 0 Å². The maximum atomic E-state index is 14.2. The molecular weight excluding hydrogens is 425 g/mol. The zero-order valence-corrected chi connectivity index (χ0v) is 20.8. The summed E-state index contributed by atoms with van der Waals surface area (Å²) >= 11 is 0. The van der Waals surface area contributed by atoms with Crippen LogP contribution in [0.1, 0.15) is 48.0 Å². The van der Waals surface area contributed by atoms with E-state index in [1.807, 2.05) is 0 Å². The summed E-state index contributed by atoms with van der Waals surface area (Å²) in [5, 5.41) is 11.3. The lowest BCUT2D eigenvalue weighted by Crippen LogP contribution is -2.61. The third-order valence-electron chi connectivity index (χ3n) is 6.89. The number of aliphatic hydroxyl groups is 1. The highest BCUT2D eigenvalue weighted by Crippen LogP contribution is 2.57. The monoisotopic (exact) mass is 460 g/mol. The predicted octanol–water partition coefficient (Wildman–Crippen LogP) is 5.35. The van der Waals surface area contributed by atoms with E-state index >= 15 is 0 Å². The number of rotatable bonds is 3. The summed E-state index contributed by atoms with van der Waals surface area (Å²) in [6.07, 6.45) is -2.11. The van der Waals surface area contributed by atoms with E-state index in [1.54, 1.807) is 13.0 Å². The van der Waals surface area contributed by atoms with Crippen LogP contribution in [0.5, 0.6) is 0 Å². The Kier molecular flexibility index (Phi) is 7.04. The minimum atomic E-state index is -4.72. The standard InChI is InChI=1S/C23H35F3O4Si/c1-17(10-12-30-31(7,8)19(3,4)5)9-11-22(27)18(2)15-21(28-13-14-29-21)16-20(22,6)23(24,25)26/h10,15,27H,12-14,16H2,1-8H3/b17-10+/t20-,22+/m0/s1. The molecule has 0 aromatic carbocycles. The molecule has 2 atom stereocenters. The highest BCUT2D eigenvalue weighted by molar-refractivity contribution is 6.74. The van der Waals surface area contributed by atoms with Gasteiger partial charge in [0, 0.05) is 6.42 Å². The first-order valence-electron chi connectivity index (χ1n) is 10.5. The highest BCUT2D eigenvalue weighted by Gasteiger charge is 2.69. The molecule has 2 rings (SSSR count). The number of halogens is 3. The van der Waals surface area contributed by atoms with Gasteiger partial charge in [-0.1, -0.05) is 32.6 Å². The van der Waals surface area contributed by atoms with Crippen LogP contribution in [0.2, 0.25) is 18.1 Å². The van der Waals surface area contributed by atoms with Gasteiger partial charge in [0.25, 0.3) is 0 Å². The Balaban J connectivity index is 2.34. The quantitative estimate of drug-likeness (QED) is 0.350. The Labute approximate surface area is 185 Å². The van der Waals surface area contributed by atoms with Crippen LogP contribution in [-0.2, 0) is 13.9 Å².